The maximum Gasteiger partial charge on any atom is 0.00198 e. The molecule has 0 aliphatic carbocycles. The molecule has 0 saturated heterocycles. The average Bonchev–Trinajstić information content (AvgIpc) is 2.39. The summed E-state index contributed by atoms with van der Waals surface area (Å²) in [4.78, 5) is 0. The van der Waals surface area contributed by atoms with Gasteiger partial charge in [-0.1, -0.05) is 64.8 Å². The summed E-state index contributed by atoms with van der Waals surface area (Å²) in [7, 11) is 2.05. The SMILES string of the molecule is CCC(CC)C(CNC)c1ccc(C(C)C)cc1. The summed E-state index contributed by atoms with van der Waals surface area (Å²) in [6, 6.07) is 9.25. The van der Waals surface area contributed by atoms with Gasteiger partial charge in [-0.25, -0.2) is 0 Å². The van der Waals surface area contributed by atoms with Crippen LogP contribution in [0.15, 0.2) is 24.3 Å². The molecular weight excluding hydrogens is 218 g/mol. The van der Waals surface area contributed by atoms with Crippen LogP contribution in [0, 0.1) is 5.92 Å². The van der Waals surface area contributed by atoms with Crippen molar-refractivity contribution >= 4 is 0 Å². The second kappa shape index (κ2) is 7.58. The second-order valence-corrected chi connectivity index (χ2v) is 5.56. The van der Waals surface area contributed by atoms with Gasteiger partial charge in [0.2, 0.25) is 0 Å². The van der Waals surface area contributed by atoms with Crippen LogP contribution in [-0.2, 0) is 0 Å². The Morgan fingerprint density at radius 3 is 1.83 bits per heavy atom. The normalized spacial score (nSPS) is 13.3. The van der Waals surface area contributed by atoms with Crippen molar-refractivity contribution in [2.45, 2.75) is 52.4 Å². The topological polar surface area (TPSA) is 12.0 Å². The minimum atomic E-state index is 0.620. The molecule has 1 aromatic carbocycles. The molecule has 1 atom stereocenters. The summed E-state index contributed by atoms with van der Waals surface area (Å²) in [6.07, 6.45) is 2.52. The van der Waals surface area contributed by atoms with Gasteiger partial charge in [0.15, 0.2) is 0 Å². The molecule has 0 aliphatic heterocycles. The van der Waals surface area contributed by atoms with E-state index in [0.717, 1.165) is 12.5 Å². The largest absolute Gasteiger partial charge is 0.319 e. The molecule has 1 aromatic rings. The van der Waals surface area contributed by atoms with Crippen LogP contribution < -0.4 is 5.32 Å². The van der Waals surface area contributed by atoms with Crippen molar-refractivity contribution < 1.29 is 0 Å². The van der Waals surface area contributed by atoms with Gasteiger partial charge in [-0.15, -0.1) is 0 Å². The maximum absolute atomic E-state index is 3.35. The molecule has 0 radical (unpaired) electrons. The number of likely N-dealkylation sites (N-methyl/N-ethyl adjacent to an activating group) is 1. The summed E-state index contributed by atoms with van der Waals surface area (Å²) in [5.74, 6) is 2.04. The first-order valence-corrected chi connectivity index (χ1v) is 7.38. The van der Waals surface area contributed by atoms with Crippen molar-refractivity contribution in [1.82, 2.24) is 5.32 Å². The molecule has 0 saturated carbocycles. The summed E-state index contributed by atoms with van der Waals surface area (Å²) >= 11 is 0. The predicted molar refractivity (Wildman–Crippen MR) is 81.3 cm³/mol. The van der Waals surface area contributed by atoms with E-state index < -0.39 is 0 Å². The lowest BCUT2D eigenvalue weighted by molar-refractivity contribution is 0.387. The Hall–Kier alpha value is -0.820. The molecule has 1 rings (SSSR count). The first kappa shape index (κ1) is 15.2. The molecular formula is C17H29N. The van der Waals surface area contributed by atoms with Gasteiger partial charge < -0.3 is 5.32 Å². The number of rotatable bonds is 7. The fourth-order valence-corrected chi connectivity index (χ4v) is 2.76. The fourth-order valence-electron chi connectivity index (χ4n) is 2.76. The monoisotopic (exact) mass is 247 g/mol. The summed E-state index contributed by atoms with van der Waals surface area (Å²) in [5.41, 5.74) is 2.92. The molecule has 18 heavy (non-hydrogen) atoms. The zero-order chi connectivity index (χ0) is 13.5. The van der Waals surface area contributed by atoms with Gasteiger partial charge in [-0.3, -0.25) is 0 Å². The van der Waals surface area contributed by atoms with Crippen molar-refractivity contribution in [2.24, 2.45) is 5.92 Å². The molecule has 1 nitrogen and oxygen atoms in total. The van der Waals surface area contributed by atoms with Crippen molar-refractivity contribution in [2.75, 3.05) is 13.6 Å². The Morgan fingerprint density at radius 2 is 1.44 bits per heavy atom. The molecule has 0 amide bonds. The number of nitrogens with one attached hydrogen (secondary N) is 1. The van der Waals surface area contributed by atoms with Gasteiger partial charge in [0.25, 0.3) is 0 Å². The van der Waals surface area contributed by atoms with E-state index in [0.29, 0.717) is 11.8 Å². The third kappa shape index (κ3) is 3.84. The minimum Gasteiger partial charge on any atom is -0.319 e. The highest BCUT2D eigenvalue weighted by Crippen LogP contribution is 2.30. The number of benzene rings is 1. The Balaban J connectivity index is 2.91. The van der Waals surface area contributed by atoms with E-state index in [1.54, 1.807) is 0 Å². The van der Waals surface area contributed by atoms with E-state index in [4.69, 9.17) is 0 Å². The van der Waals surface area contributed by atoms with Crippen molar-refractivity contribution in [1.29, 1.82) is 0 Å². The van der Waals surface area contributed by atoms with Gasteiger partial charge in [-0.2, -0.15) is 0 Å². The lowest BCUT2D eigenvalue weighted by Gasteiger charge is -2.26. The van der Waals surface area contributed by atoms with Crippen LogP contribution in [0.25, 0.3) is 0 Å². The van der Waals surface area contributed by atoms with Crippen LogP contribution in [0.4, 0.5) is 0 Å². The lowest BCUT2D eigenvalue weighted by atomic mass is 9.82. The van der Waals surface area contributed by atoms with E-state index in [1.807, 2.05) is 0 Å². The highest BCUT2D eigenvalue weighted by molar-refractivity contribution is 5.28. The van der Waals surface area contributed by atoms with Crippen LogP contribution in [0.2, 0.25) is 0 Å². The van der Waals surface area contributed by atoms with Gasteiger partial charge in [0, 0.05) is 6.54 Å². The minimum absolute atomic E-state index is 0.620. The highest BCUT2D eigenvalue weighted by atomic mass is 14.8. The third-order valence-corrected chi connectivity index (χ3v) is 4.07. The molecule has 0 heterocycles. The highest BCUT2D eigenvalue weighted by Gasteiger charge is 2.19. The quantitative estimate of drug-likeness (QED) is 0.745. The average molecular weight is 247 g/mol. The molecule has 0 spiro atoms. The first-order valence-electron chi connectivity index (χ1n) is 7.38. The van der Waals surface area contributed by atoms with E-state index in [1.165, 1.54) is 24.0 Å². The van der Waals surface area contributed by atoms with Crippen LogP contribution >= 0.6 is 0 Å². The van der Waals surface area contributed by atoms with Crippen LogP contribution in [0.1, 0.15) is 63.5 Å². The van der Waals surface area contributed by atoms with E-state index in [2.05, 4.69) is 64.3 Å². The molecule has 0 bridgehead atoms. The zero-order valence-corrected chi connectivity index (χ0v) is 12.7. The Kier molecular flexibility index (Phi) is 6.42. The van der Waals surface area contributed by atoms with Gasteiger partial charge in [0.05, 0.1) is 0 Å². The molecule has 102 valence electrons. The van der Waals surface area contributed by atoms with Crippen LogP contribution in [-0.4, -0.2) is 13.6 Å². The number of hydrogen-bond donors (Lipinski definition) is 1. The third-order valence-electron chi connectivity index (χ3n) is 4.07. The van der Waals surface area contributed by atoms with E-state index in [-0.39, 0.29) is 0 Å². The predicted octanol–water partition coefficient (Wildman–Crippen LogP) is 4.55. The molecule has 0 aliphatic rings. The van der Waals surface area contributed by atoms with Gasteiger partial charge in [-0.05, 0) is 35.9 Å². The van der Waals surface area contributed by atoms with Gasteiger partial charge in [0.1, 0.15) is 0 Å². The Labute approximate surface area is 113 Å². The zero-order valence-electron chi connectivity index (χ0n) is 12.7. The van der Waals surface area contributed by atoms with Crippen molar-refractivity contribution in [3.63, 3.8) is 0 Å². The summed E-state index contributed by atoms with van der Waals surface area (Å²) in [6.45, 7) is 10.2. The van der Waals surface area contributed by atoms with E-state index >= 15 is 0 Å². The maximum atomic E-state index is 3.35. The van der Waals surface area contributed by atoms with Crippen molar-refractivity contribution in [3.05, 3.63) is 35.4 Å². The van der Waals surface area contributed by atoms with Crippen LogP contribution in [0.5, 0.6) is 0 Å². The smallest absolute Gasteiger partial charge is 0.00198 e. The Morgan fingerprint density at radius 1 is 0.944 bits per heavy atom. The molecule has 1 unspecified atom stereocenters. The fraction of sp³-hybridized carbons (Fsp3) is 0.647. The Bertz CT molecular complexity index is 322. The standard InChI is InChI=1S/C17H29N/c1-6-14(7-2)17(12-18-5)16-10-8-15(9-11-16)13(3)4/h8-11,13-14,17-18H,6-7,12H2,1-5H3. The molecule has 0 aromatic heterocycles. The first-order chi connectivity index (χ1) is 8.63. The summed E-state index contributed by atoms with van der Waals surface area (Å²) in [5, 5.41) is 3.35. The molecule has 1 heteroatoms. The summed E-state index contributed by atoms with van der Waals surface area (Å²) < 4.78 is 0. The lowest BCUT2D eigenvalue weighted by Crippen LogP contribution is -2.23. The van der Waals surface area contributed by atoms with E-state index in [9.17, 15) is 0 Å². The van der Waals surface area contributed by atoms with Gasteiger partial charge >= 0.3 is 0 Å². The molecule has 1 N–H and O–H groups in total. The van der Waals surface area contributed by atoms with Crippen molar-refractivity contribution in [3.8, 4) is 0 Å². The second-order valence-electron chi connectivity index (χ2n) is 5.56. The number of hydrogen-bond acceptors (Lipinski definition) is 1. The molecule has 0 fully saturated rings. The van der Waals surface area contributed by atoms with Crippen LogP contribution in [0.3, 0.4) is 0 Å².